The fraction of sp³-hybridized carbons (Fsp3) is 0.0800. The monoisotopic (exact) mass is 441 g/mol. The van der Waals surface area contributed by atoms with Crippen LogP contribution in [-0.4, -0.2) is 30.2 Å². The van der Waals surface area contributed by atoms with Crippen LogP contribution in [0.2, 0.25) is 0 Å². The van der Waals surface area contributed by atoms with Crippen molar-refractivity contribution in [2.24, 2.45) is 0 Å². The smallest absolute Gasteiger partial charge is 0.324 e. The number of ether oxygens (including phenoxy) is 2. The molecule has 166 valence electrons. The number of carbonyl (C=O) groups excluding carboxylic acids is 1. The van der Waals surface area contributed by atoms with Crippen LogP contribution in [0.1, 0.15) is 0 Å². The number of aromatic nitrogens is 2. The molecular formula is C25H23N5O3. The molecule has 0 atom stereocenters. The first-order chi connectivity index (χ1) is 16.1. The lowest BCUT2D eigenvalue weighted by molar-refractivity contribution is 0.262. The van der Waals surface area contributed by atoms with Crippen LogP contribution in [0.25, 0.3) is 11.1 Å². The van der Waals surface area contributed by atoms with Crippen LogP contribution < -0.4 is 25.4 Å². The molecule has 0 aliphatic heterocycles. The number of para-hydroxylation sites is 1. The number of nitrogens with one attached hydrogen (secondary N) is 3. The van der Waals surface area contributed by atoms with Crippen molar-refractivity contribution in [2.45, 2.75) is 0 Å². The number of hydrogen-bond acceptors (Lipinski definition) is 6. The second-order valence-corrected chi connectivity index (χ2v) is 7.00. The van der Waals surface area contributed by atoms with Crippen molar-refractivity contribution >= 4 is 29.0 Å². The molecule has 0 aliphatic rings. The van der Waals surface area contributed by atoms with Gasteiger partial charge in [-0.2, -0.15) is 0 Å². The third-order valence-corrected chi connectivity index (χ3v) is 4.78. The van der Waals surface area contributed by atoms with Crippen molar-refractivity contribution in [3.8, 4) is 22.6 Å². The molecule has 2 aromatic carbocycles. The van der Waals surface area contributed by atoms with Gasteiger partial charge in [-0.25, -0.2) is 14.8 Å². The summed E-state index contributed by atoms with van der Waals surface area (Å²) in [6.45, 7) is 0. The fourth-order valence-electron chi connectivity index (χ4n) is 3.22. The van der Waals surface area contributed by atoms with Crippen LogP contribution in [0.5, 0.6) is 11.5 Å². The molecule has 0 spiro atoms. The zero-order valence-electron chi connectivity index (χ0n) is 18.2. The first-order valence-corrected chi connectivity index (χ1v) is 10.2. The summed E-state index contributed by atoms with van der Waals surface area (Å²) in [5.74, 6) is 2.24. The second-order valence-electron chi connectivity index (χ2n) is 7.00. The zero-order valence-corrected chi connectivity index (χ0v) is 18.2. The summed E-state index contributed by atoms with van der Waals surface area (Å²) in [4.78, 5) is 21.1. The highest BCUT2D eigenvalue weighted by atomic mass is 16.5. The van der Waals surface area contributed by atoms with Crippen molar-refractivity contribution in [1.29, 1.82) is 0 Å². The molecule has 8 nitrogen and oxygen atoms in total. The highest BCUT2D eigenvalue weighted by molar-refractivity contribution is 5.99. The average Bonchev–Trinajstić information content (AvgIpc) is 2.85. The first-order valence-electron chi connectivity index (χ1n) is 10.2. The minimum Gasteiger partial charge on any atom is -0.493 e. The Morgan fingerprint density at radius 3 is 2.06 bits per heavy atom. The predicted molar refractivity (Wildman–Crippen MR) is 129 cm³/mol. The summed E-state index contributed by atoms with van der Waals surface area (Å²) in [5.41, 5.74) is 3.34. The van der Waals surface area contributed by atoms with Crippen molar-refractivity contribution in [3.05, 3.63) is 85.2 Å². The Labute approximate surface area is 191 Å². The number of nitrogens with zero attached hydrogens (tertiary/aromatic N) is 2. The topological polar surface area (TPSA) is 97.4 Å². The Kier molecular flexibility index (Phi) is 6.65. The normalized spacial score (nSPS) is 10.2. The number of rotatable bonds is 7. The van der Waals surface area contributed by atoms with Crippen LogP contribution in [0, 0.1) is 0 Å². The summed E-state index contributed by atoms with van der Waals surface area (Å²) in [5, 5.41) is 8.80. The number of carbonyl (C=O) groups is 1. The number of methoxy groups -OCH3 is 2. The highest BCUT2D eigenvalue weighted by Crippen LogP contribution is 2.30. The van der Waals surface area contributed by atoms with E-state index in [0.29, 0.717) is 23.0 Å². The molecule has 0 unspecified atom stereocenters. The summed E-state index contributed by atoms with van der Waals surface area (Å²) >= 11 is 0. The van der Waals surface area contributed by atoms with Gasteiger partial charge in [0.05, 0.1) is 14.2 Å². The quantitative estimate of drug-likeness (QED) is 0.348. The van der Waals surface area contributed by atoms with E-state index in [1.807, 2.05) is 48.5 Å². The summed E-state index contributed by atoms with van der Waals surface area (Å²) in [7, 11) is 3.09. The Balaban J connectivity index is 1.46. The van der Waals surface area contributed by atoms with E-state index >= 15 is 0 Å². The maximum Gasteiger partial charge on any atom is 0.324 e. The summed E-state index contributed by atoms with van der Waals surface area (Å²) in [6.07, 6.45) is 3.38. The van der Waals surface area contributed by atoms with E-state index in [4.69, 9.17) is 9.47 Å². The fourth-order valence-corrected chi connectivity index (χ4v) is 3.22. The molecule has 2 aromatic heterocycles. The van der Waals surface area contributed by atoms with Crippen LogP contribution in [0.4, 0.5) is 27.8 Å². The van der Waals surface area contributed by atoms with E-state index in [1.165, 1.54) is 7.11 Å². The molecule has 4 aromatic rings. The van der Waals surface area contributed by atoms with E-state index in [-0.39, 0.29) is 0 Å². The van der Waals surface area contributed by atoms with Gasteiger partial charge in [0.25, 0.3) is 0 Å². The minimum atomic E-state index is -0.423. The number of pyridine rings is 2. The SMILES string of the molecule is COc1ccc(NC(=O)Nc2cc(-c3ccnc(Nc4ccccc4)c3)ccn2)cc1OC. The van der Waals surface area contributed by atoms with Gasteiger partial charge in [-0.3, -0.25) is 5.32 Å². The molecule has 0 bridgehead atoms. The van der Waals surface area contributed by atoms with Crippen molar-refractivity contribution in [3.63, 3.8) is 0 Å². The molecule has 3 N–H and O–H groups in total. The van der Waals surface area contributed by atoms with Gasteiger partial charge in [0, 0.05) is 29.8 Å². The molecule has 33 heavy (non-hydrogen) atoms. The maximum atomic E-state index is 12.5. The standard InChI is InChI=1S/C25H23N5O3/c1-32-21-9-8-20(16-22(21)33-2)29-25(31)30-24-15-18(11-13-27-24)17-10-12-26-23(14-17)28-19-6-4-3-5-7-19/h3-16H,1-2H3,(H,26,28)(H2,27,29,30,31). The van der Waals surface area contributed by atoms with Crippen LogP contribution in [0.3, 0.4) is 0 Å². The molecule has 4 rings (SSSR count). The van der Waals surface area contributed by atoms with E-state index < -0.39 is 6.03 Å². The van der Waals surface area contributed by atoms with Crippen LogP contribution in [-0.2, 0) is 0 Å². The first kappa shape index (κ1) is 21.6. The number of benzene rings is 2. The van der Waals surface area contributed by atoms with Crippen molar-refractivity contribution < 1.29 is 14.3 Å². The van der Waals surface area contributed by atoms with Gasteiger partial charge in [0.2, 0.25) is 0 Å². The molecule has 0 aliphatic carbocycles. The van der Waals surface area contributed by atoms with E-state index in [1.54, 1.807) is 43.8 Å². The van der Waals surface area contributed by atoms with Gasteiger partial charge < -0.3 is 20.1 Å². The maximum absolute atomic E-state index is 12.5. The second kappa shape index (κ2) is 10.1. The Morgan fingerprint density at radius 1 is 0.697 bits per heavy atom. The van der Waals surface area contributed by atoms with Crippen molar-refractivity contribution in [2.75, 3.05) is 30.2 Å². The molecule has 0 fully saturated rings. The van der Waals surface area contributed by atoms with Crippen LogP contribution >= 0.6 is 0 Å². The van der Waals surface area contributed by atoms with E-state index in [0.717, 1.165) is 22.6 Å². The van der Waals surface area contributed by atoms with Gasteiger partial charge >= 0.3 is 6.03 Å². The molecule has 2 amide bonds. The Bertz CT molecular complexity index is 1250. The molecule has 8 heteroatoms. The molecular weight excluding hydrogens is 418 g/mol. The van der Waals surface area contributed by atoms with E-state index in [2.05, 4.69) is 25.9 Å². The largest absolute Gasteiger partial charge is 0.493 e. The third-order valence-electron chi connectivity index (χ3n) is 4.78. The Hall–Kier alpha value is -4.59. The lowest BCUT2D eigenvalue weighted by Gasteiger charge is -2.12. The molecule has 0 saturated heterocycles. The summed E-state index contributed by atoms with van der Waals surface area (Å²) in [6, 6.07) is 22.0. The lowest BCUT2D eigenvalue weighted by atomic mass is 10.1. The van der Waals surface area contributed by atoms with Gasteiger partial charge in [-0.05, 0) is 59.7 Å². The number of urea groups is 1. The van der Waals surface area contributed by atoms with E-state index in [9.17, 15) is 4.79 Å². The van der Waals surface area contributed by atoms with Gasteiger partial charge in [0.1, 0.15) is 11.6 Å². The van der Waals surface area contributed by atoms with Crippen LogP contribution in [0.15, 0.2) is 85.2 Å². The number of anilines is 4. The third kappa shape index (κ3) is 5.56. The predicted octanol–water partition coefficient (Wildman–Crippen LogP) is 5.55. The van der Waals surface area contributed by atoms with Crippen molar-refractivity contribution in [1.82, 2.24) is 9.97 Å². The molecule has 0 saturated carbocycles. The van der Waals surface area contributed by atoms with Gasteiger partial charge in [-0.1, -0.05) is 18.2 Å². The zero-order chi connectivity index (χ0) is 23.0. The highest BCUT2D eigenvalue weighted by Gasteiger charge is 2.09. The Morgan fingerprint density at radius 2 is 1.36 bits per heavy atom. The minimum absolute atomic E-state index is 0.417. The van der Waals surface area contributed by atoms with Gasteiger partial charge in [-0.15, -0.1) is 0 Å². The lowest BCUT2D eigenvalue weighted by Crippen LogP contribution is -2.20. The number of amides is 2. The van der Waals surface area contributed by atoms with Gasteiger partial charge in [0.15, 0.2) is 11.5 Å². The molecule has 2 heterocycles. The molecule has 0 radical (unpaired) electrons. The summed E-state index contributed by atoms with van der Waals surface area (Å²) < 4.78 is 10.5. The average molecular weight is 441 g/mol. The number of hydrogen-bond donors (Lipinski definition) is 3.